The molecule has 2 aliphatic rings. The van der Waals surface area contributed by atoms with Crippen molar-refractivity contribution in [1.29, 1.82) is 0 Å². The third-order valence-electron chi connectivity index (χ3n) is 22.9. The van der Waals surface area contributed by atoms with Crippen molar-refractivity contribution in [3.8, 4) is 5.75 Å². The fraction of sp³-hybridized carbons (Fsp3) is 0.527. The molecule has 0 unspecified atom stereocenters. The zero-order valence-corrected chi connectivity index (χ0v) is 73.8. The van der Waals surface area contributed by atoms with Crippen molar-refractivity contribution < 1.29 is 92.3 Å². The lowest BCUT2D eigenvalue weighted by Crippen LogP contribution is -2.62. The van der Waals surface area contributed by atoms with Gasteiger partial charge in [0.2, 0.25) is 76.8 Å². The van der Waals surface area contributed by atoms with E-state index < -0.39 is 192 Å². The fourth-order valence-corrected chi connectivity index (χ4v) is 15.9. The van der Waals surface area contributed by atoms with Crippen molar-refractivity contribution in [2.75, 3.05) is 19.6 Å². The van der Waals surface area contributed by atoms with Gasteiger partial charge in [0.25, 0.3) is 0 Å². The summed E-state index contributed by atoms with van der Waals surface area (Å²) in [5.74, 6) is -15.4. The number of H-pyrrole nitrogens is 2. The van der Waals surface area contributed by atoms with Crippen LogP contribution in [0.15, 0.2) is 116 Å². The van der Waals surface area contributed by atoms with E-state index in [1.54, 1.807) is 115 Å². The molecule has 2 aromatic heterocycles. The Morgan fingerprint density at radius 3 is 1.31 bits per heavy atom. The smallest absolute Gasteiger partial charge is 0.326 e. The Labute approximate surface area is 738 Å². The third-order valence-corrected chi connectivity index (χ3v) is 22.9. The molecule has 4 heterocycles. The molecule has 690 valence electrons. The van der Waals surface area contributed by atoms with E-state index in [2.05, 4.69) is 68.5 Å². The summed E-state index contributed by atoms with van der Waals surface area (Å²) in [6.07, 6.45) is 1.66. The predicted molar refractivity (Wildman–Crippen MR) is 473 cm³/mol. The highest BCUT2D eigenvalue weighted by atomic mass is 16.4. The van der Waals surface area contributed by atoms with Crippen molar-refractivity contribution in [3.63, 3.8) is 0 Å². The number of carboxylic acid groups (broad SMARTS) is 2. The van der Waals surface area contributed by atoms with E-state index >= 15 is 9.59 Å². The average molecular weight is 1760 g/mol. The summed E-state index contributed by atoms with van der Waals surface area (Å²) in [5.41, 5.74) is 15.4. The van der Waals surface area contributed by atoms with E-state index in [4.69, 9.17) is 11.5 Å². The average Bonchev–Trinajstić information content (AvgIpc) is 1.84. The number of carbonyl (C=O) groups is 15. The van der Waals surface area contributed by atoms with Gasteiger partial charge in [-0.2, -0.15) is 0 Å². The quantitative estimate of drug-likeness (QED) is 0.0244. The number of nitrogens with one attached hydrogen (secondary N) is 13. The highest BCUT2D eigenvalue weighted by Gasteiger charge is 2.45. The molecule has 21 N–H and O–H groups in total. The summed E-state index contributed by atoms with van der Waals surface area (Å²) in [7, 11) is 0. The summed E-state index contributed by atoms with van der Waals surface area (Å²) in [6.45, 7) is 17.0. The van der Waals surface area contributed by atoms with Crippen LogP contribution in [0.25, 0.3) is 21.8 Å². The number of para-hydroxylation sites is 2. The van der Waals surface area contributed by atoms with Gasteiger partial charge in [0.15, 0.2) is 0 Å². The monoisotopic (exact) mass is 1760 g/mol. The van der Waals surface area contributed by atoms with Crippen molar-refractivity contribution in [2.24, 2.45) is 35.1 Å². The third kappa shape index (κ3) is 29.1. The number of aliphatic carboxylic acids is 2. The van der Waals surface area contributed by atoms with Gasteiger partial charge in [0.1, 0.15) is 84.3 Å². The Balaban J connectivity index is 0.979. The van der Waals surface area contributed by atoms with Gasteiger partial charge in [-0.3, -0.25) is 67.1 Å². The van der Waals surface area contributed by atoms with E-state index in [-0.39, 0.29) is 120 Å². The van der Waals surface area contributed by atoms with Crippen LogP contribution in [0, 0.1) is 23.7 Å². The number of aliphatic hydroxyl groups excluding tert-OH is 1. The number of phenolic OH excluding ortho intramolecular Hbond substituents is 1. The number of carboxylic acids is 2. The molecule has 13 amide bonds. The Morgan fingerprint density at radius 2 is 0.827 bits per heavy atom. The largest absolute Gasteiger partial charge is 0.508 e. The number of hydrogen-bond acceptors (Lipinski definition) is 19. The Kier molecular flexibility index (Phi) is 37.7. The molecule has 127 heavy (non-hydrogen) atoms. The van der Waals surface area contributed by atoms with Crippen molar-refractivity contribution in [3.05, 3.63) is 138 Å². The molecule has 2 aliphatic heterocycles. The number of aliphatic hydroxyl groups is 1. The number of unbranched alkanes of at least 4 members (excludes halogenated alkanes) is 1. The highest BCUT2D eigenvalue weighted by molar-refractivity contribution is 6.02. The zero-order chi connectivity index (χ0) is 93.0. The van der Waals surface area contributed by atoms with Crippen LogP contribution < -0.4 is 70.0 Å². The topological polar surface area (TPSA) is 559 Å². The van der Waals surface area contributed by atoms with Crippen LogP contribution >= 0.6 is 0 Å². The maximum atomic E-state index is 15.1. The second kappa shape index (κ2) is 47.9. The van der Waals surface area contributed by atoms with Gasteiger partial charge in [-0.05, 0) is 155 Å². The van der Waals surface area contributed by atoms with Crippen molar-refractivity contribution >= 4 is 111 Å². The summed E-state index contributed by atoms with van der Waals surface area (Å²) in [4.78, 5) is 224. The molecular formula is C91H127N17O19. The van der Waals surface area contributed by atoms with Crippen LogP contribution in [0.5, 0.6) is 5.75 Å². The Bertz CT molecular complexity index is 4800. The SMILES string of the molecule is CC[C@H](C)[C@H](NC(=O)[C@H](C)N)C(=O)N[C@@H](Cc1c[nH]c2ccccc12)C(=O)N[C@@H](Cc1ccc(O)cc1)C(=O)N[C@@H](CC(=O)O)C(=O)N1CCC[C@H]1C(=O)N[C@@H](CC(C)C)C(=O)N[C@H](C(=O)N[C@@H](CCCCN)C(=O)N[C@@H](CC(C)C)C(=O)N[C@@H](Cc1c[nH]c2ccccc12)C(=O)N[C@@H](CC(C)C)C(=O)N1CCC[C@H]1C(=O)N[C@@H](Cc1ccccc1)C(=O)O)[C@@H](C)O. The minimum absolute atomic E-state index is 0.0180. The number of benzene rings is 4. The number of nitrogens with zero attached hydrogens (tertiary/aromatic N) is 2. The number of rotatable bonds is 48. The molecule has 0 radical (unpaired) electrons. The van der Waals surface area contributed by atoms with E-state index in [9.17, 15) is 82.8 Å². The van der Waals surface area contributed by atoms with Gasteiger partial charge in [-0.1, -0.05) is 141 Å². The summed E-state index contributed by atoms with van der Waals surface area (Å²) in [6, 6.07) is 8.97. The Morgan fingerprint density at radius 1 is 0.433 bits per heavy atom. The van der Waals surface area contributed by atoms with Crippen LogP contribution in [0.1, 0.15) is 169 Å². The van der Waals surface area contributed by atoms with Gasteiger partial charge in [-0.25, -0.2) is 4.79 Å². The van der Waals surface area contributed by atoms with Crippen LogP contribution in [0.2, 0.25) is 0 Å². The first kappa shape index (κ1) is 100. The van der Waals surface area contributed by atoms with E-state index in [0.29, 0.717) is 57.9 Å². The number of nitrogens with two attached hydrogens (primary N) is 2. The van der Waals surface area contributed by atoms with Crippen LogP contribution in [0.3, 0.4) is 0 Å². The van der Waals surface area contributed by atoms with Crippen molar-refractivity contribution in [1.82, 2.24) is 78.3 Å². The van der Waals surface area contributed by atoms with Gasteiger partial charge in [0.05, 0.1) is 18.6 Å². The van der Waals surface area contributed by atoms with Gasteiger partial charge >= 0.3 is 11.9 Å². The lowest BCUT2D eigenvalue weighted by Gasteiger charge is -2.31. The highest BCUT2D eigenvalue weighted by Crippen LogP contribution is 2.27. The molecule has 0 spiro atoms. The van der Waals surface area contributed by atoms with Gasteiger partial charge < -0.3 is 110 Å². The number of aromatic hydroxyl groups is 1. The van der Waals surface area contributed by atoms with Gasteiger partial charge in [-0.15, -0.1) is 0 Å². The second-order valence-electron chi connectivity index (χ2n) is 34.6. The predicted octanol–water partition coefficient (Wildman–Crippen LogP) is 2.54. The minimum Gasteiger partial charge on any atom is -0.508 e. The minimum atomic E-state index is -1.90. The number of likely N-dealkylation sites (tertiary alicyclic amines) is 2. The Hall–Kier alpha value is -12.3. The molecule has 4 aromatic carbocycles. The number of fused-ring (bicyclic) bond motifs is 2. The molecule has 2 fully saturated rings. The van der Waals surface area contributed by atoms with Crippen LogP contribution in [-0.4, -0.2) is 239 Å². The number of phenols is 1. The van der Waals surface area contributed by atoms with Crippen LogP contribution in [0.4, 0.5) is 0 Å². The first-order valence-corrected chi connectivity index (χ1v) is 43.8. The molecule has 0 saturated carbocycles. The van der Waals surface area contributed by atoms with Crippen molar-refractivity contribution in [2.45, 2.75) is 263 Å². The molecule has 16 atom stereocenters. The first-order chi connectivity index (χ1) is 60.3. The molecule has 0 aliphatic carbocycles. The second-order valence-corrected chi connectivity index (χ2v) is 34.6. The zero-order valence-electron chi connectivity index (χ0n) is 73.8. The summed E-state index contributed by atoms with van der Waals surface area (Å²) >= 11 is 0. The van der Waals surface area contributed by atoms with E-state index in [0.717, 1.165) is 10.3 Å². The first-order valence-electron chi connectivity index (χ1n) is 43.8. The number of aromatic nitrogens is 2. The fourth-order valence-electron chi connectivity index (χ4n) is 15.9. The lowest BCUT2D eigenvalue weighted by molar-refractivity contribution is -0.146. The number of amides is 13. The summed E-state index contributed by atoms with van der Waals surface area (Å²) in [5, 5.41) is 73.2. The number of aromatic amines is 2. The molecule has 6 aromatic rings. The maximum absolute atomic E-state index is 15.1. The summed E-state index contributed by atoms with van der Waals surface area (Å²) < 4.78 is 0. The molecular weight excluding hydrogens is 1640 g/mol. The standard InChI is InChI=1S/C91H127N17O19/c1-11-52(8)76(105-78(113)53(9)93)87(122)101-69(45-58-48-95-63-28-18-16-26-61(58)63)82(117)98-67(42-56-32-34-59(110)35-33-56)81(116)103-71(46-75(111)112)90(125)108-38-21-30-73(108)85(120)100-66(40-50(4)5)84(119)106-77(54(10)109)88(123)96-64(29-19-20-36-92)79(114)97-65(39-49(2)3)80(115)99-68(44-57-47-94-62-27-17-15-25-60(57)62)83(118)102-70(41-51(6)7)89(124)107-37-22-31-74(107)86(121)104-72(91(126)127)43-55-23-13-12-14-24-55/h12-18,23-28,32-35,47-54,64-74,76-77,94-95,109-110H,11,19-22,29-31,36-46,92-93H2,1-10H3,(H,96,123)(H,97,114)(H,98,117)(H,99,115)(H,100,120)(H,101,122)(H,102,118)(H,103,116)(H,104,121)(H,105,113)(H,106,119)(H,111,112)(H,126,127)/t52-,53-,54+,64-,65-,66-,67-,68-,69-,70-,71-,72-,73-,74-,76-,77-/m0/s1. The van der Waals surface area contributed by atoms with E-state index in [1.165, 1.54) is 43.0 Å². The van der Waals surface area contributed by atoms with Crippen LogP contribution in [-0.2, 0) is 97.6 Å². The lowest BCUT2D eigenvalue weighted by atomic mass is 9.96. The van der Waals surface area contributed by atoms with E-state index in [1.807, 2.05) is 32.0 Å². The maximum Gasteiger partial charge on any atom is 0.326 e. The van der Waals surface area contributed by atoms with Gasteiger partial charge in [0, 0.05) is 73.0 Å². The normalized spacial score (nSPS) is 17.2. The molecule has 0 bridgehead atoms. The molecule has 36 nitrogen and oxygen atoms in total. The number of carbonyl (C=O) groups excluding carboxylic acids is 13. The molecule has 8 rings (SSSR count). The molecule has 2 saturated heterocycles. The molecule has 36 heteroatoms. The number of hydrogen-bond donors (Lipinski definition) is 19.